The minimum Gasteiger partial charge on any atom is -0.207 e. The van der Waals surface area contributed by atoms with Crippen LogP contribution in [0.5, 0.6) is 0 Å². The first-order valence-electron chi connectivity index (χ1n) is 5.56. The highest BCUT2D eigenvalue weighted by molar-refractivity contribution is 7.89. The number of halogens is 1. The van der Waals surface area contributed by atoms with Gasteiger partial charge in [0.1, 0.15) is 0 Å². The highest BCUT2D eigenvalue weighted by Gasteiger charge is 2.24. The Labute approximate surface area is 113 Å². The van der Waals surface area contributed by atoms with Gasteiger partial charge in [0.2, 0.25) is 10.0 Å². The van der Waals surface area contributed by atoms with Gasteiger partial charge in [-0.2, -0.15) is 9.57 Å². The average Bonchev–Trinajstić information content (AvgIpc) is 2.29. The molecule has 1 aromatic rings. The molecule has 6 heteroatoms. The monoisotopic (exact) mass is 286 g/mol. The Bertz CT molecular complexity index is 564. The minimum absolute atomic E-state index is 0.180. The Kier molecular flexibility index (Phi) is 5.15. The maximum atomic E-state index is 12.4. The van der Waals surface area contributed by atoms with Crippen LogP contribution in [0, 0.1) is 18.3 Å². The van der Waals surface area contributed by atoms with E-state index in [0.717, 1.165) is 0 Å². The molecule has 0 fully saturated rings. The van der Waals surface area contributed by atoms with Crippen molar-refractivity contribution < 1.29 is 8.42 Å². The summed E-state index contributed by atoms with van der Waals surface area (Å²) in [7, 11) is -3.55. The smallest absolute Gasteiger partial charge is 0.207 e. The van der Waals surface area contributed by atoms with Crippen molar-refractivity contribution in [3.63, 3.8) is 0 Å². The van der Waals surface area contributed by atoms with Crippen LogP contribution in [0.4, 0.5) is 0 Å². The molecule has 0 aliphatic heterocycles. The van der Waals surface area contributed by atoms with Gasteiger partial charge in [-0.15, -0.1) is 0 Å². The molecule has 0 bridgehead atoms. The molecule has 18 heavy (non-hydrogen) atoms. The topological polar surface area (TPSA) is 61.2 Å². The van der Waals surface area contributed by atoms with Crippen LogP contribution in [0.2, 0.25) is 5.02 Å². The van der Waals surface area contributed by atoms with E-state index in [1.807, 2.05) is 6.07 Å². The van der Waals surface area contributed by atoms with E-state index in [-0.39, 0.29) is 17.9 Å². The van der Waals surface area contributed by atoms with Gasteiger partial charge in [-0.1, -0.05) is 18.5 Å². The molecule has 0 aromatic heterocycles. The molecule has 0 saturated heterocycles. The van der Waals surface area contributed by atoms with Gasteiger partial charge in [-0.05, 0) is 30.7 Å². The fourth-order valence-electron chi connectivity index (χ4n) is 1.66. The molecule has 0 amide bonds. The second-order valence-electron chi connectivity index (χ2n) is 3.81. The molecule has 4 nitrogen and oxygen atoms in total. The van der Waals surface area contributed by atoms with E-state index in [2.05, 4.69) is 0 Å². The van der Waals surface area contributed by atoms with Crippen molar-refractivity contribution in [2.24, 2.45) is 0 Å². The molecule has 0 aliphatic carbocycles. The van der Waals surface area contributed by atoms with Crippen LogP contribution in [-0.2, 0) is 10.0 Å². The summed E-state index contributed by atoms with van der Waals surface area (Å²) in [5, 5.41) is 9.06. The van der Waals surface area contributed by atoms with Gasteiger partial charge in [0.25, 0.3) is 0 Å². The number of nitriles is 1. The molecule has 0 N–H and O–H groups in total. The third-order valence-corrected chi connectivity index (χ3v) is 4.95. The SMILES string of the molecule is CCN(CCC#N)S(=O)(=O)c1ccc(Cl)cc1C. The van der Waals surface area contributed by atoms with Gasteiger partial charge in [-0.3, -0.25) is 0 Å². The van der Waals surface area contributed by atoms with Crippen molar-refractivity contribution in [3.05, 3.63) is 28.8 Å². The predicted octanol–water partition coefficient (Wildman–Crippen LogP) is 2.57. The number of nitrogens with zero attached hydrogens (tertiary/aromatic N) is 2. The molecule has 1 rings (SSSR count). The lowest BCUT2D eigenvalue weighted by Gasteiger charge is -2.20. The summed E-state index contributed by atoms with van der Waals surface area (Å²) in [5.41, 5.74) is 0.609. The third-order valence-electron chi connectivity index (χ3n) is 2.58. The third kappa shape index (κ3) is 3.22. The molecule has 0 spiro atoms. The van der Waals surface area contributed by atoms with Crippen LogP contribution in [0.15, 0.2) is 23.1 Å². The van der Waals surface area contributed by atoms with E-state index in [1.165, 1.54) is 10.4 Å². The summed E-state index contributed by atoms with van der Waals surface area (Å²) >= 11 is 5.81. The van der Waals surface area contributed by atoms with Crippen LogP contribution in [0.25, 0.3) is 0 Å². The van der Waals surface area contributed by atoms with E-state index < -0.39 is 10.0 Å². The molecule has 0 unspecified atom stereocenters. The average molecular weight is 287 g/mol. The van der Waals surface area contributed by atoms with Crippen molar-refractivity contribution >= 4 is 21.6 Å². The number of aryl methyl sites for hydroxylation is 1. The Hall–Kier alpha value is -1.09. The molecule has 0 radical (unpaired) electrons. The molecule has 0 atom stereocenters. The standard InChI is InChI=1S/C12H15ClN2O2S/c1-3-15(8-4-7-14)18(16,17)12-6-5-11(13)9-10(12)2/h5-6,9H,3-4,8H2,1-2H3. The molecule has 0 saturated carbocycles. The van der Waals surface area contributed by atoms with Gasteiger partial charge in [0.05, 0.1) is 11.0 Å². The molecule has 0 heterocycles. The fourth-order valence-corrected chi connectivity index (χ4v) is 3.55. The van der Waals surface area contributed by atoms with Crippen molar-refractivity contribution in [3.8, 4) is 6.07 Å². The quantitative estimate of drug-likeness (QED) is 0.836. The molecular formula is C12H15ClN2O2S. The van der Waals surface area contributed by atoms with Crippen LogP contribution in [0.3, 0.4) is 0 Å². The van der Waals surface area contributed by atoms with E-state index in [0.29, 0.717) is 17.1 Å². The first kappa shape index (κ1) is 15.0. The Balaban J connectivity index is 3.15. The maximum absolute atomic E-state index is 12.4. The Morgan fingerprint density at radius 1 is 1.44 bits per heavy atom. The van der Waals surface area contributed by atoms with Gasteiger partial charge < -0.3 is 0 Å². The molecular weight excluding hydrogens is 272 g/mol. The van der Waals surface area contributed by atoms with Crippen LogP contribution in [0.1, 0.15) is 18.9 Å². The summed E-state index contributed by atoms with van der Waals surface area (Å²) in [5.74, 6) is 0. The summed E-state index contributed by atoms with van der Waals surface area (Å²) in [6.07, 6.45) is 0.180. The lowest BCUT2D eigenvalue weighted by molar-refractivity contribution is 0.434. The Morgan fingerprint density at radius 2 is 2.11 bits per heavy atom. The summed E-state index contributed by atoms with van der Waals surface area (Å²) in [4.78, 5) is 0.242. The zero-order chi connectivity index (χ0) is 13.8. The van der Waals surface area contributed by atoms with Crippen LogP contribution >= 0.6 is 11.6 Å². The van der Waals surface area contributed by atoms with E-state index in [9.17, 15) is 8.42 Å². The molecule has 0 aliphatic rings. The minimum atomic E-state index is -3.55. The van der Waals surface area contributed by atoms with Crippen LogP contribution < -0.4 is 0 Å². The zero-order valence-electron chi connectivity index (χ0n) is 10.4. The largest absolute Gasteiger partial charge is 0.243 e. The van der Waals surface area contributed by atoms with Gasteiger partial charge in [-0.25, -0.2) is 8.42 Å². The lowest BCUT2D eigenvalue weighted by Crippen LogP contribution is -2.32. The zero-order valence-corrected chi connectivity index (χ0v) is 11.9. The maximum Gasteiger partial charge on any atom is 0.243 e. The van der Waals surface area contributed by atoms with E-state index in [1.54, 1.807) is 26.0 Å². The number of sulfonamides is 1. The van der Waals surface area contributed by atoms with E-state index >= 15 is 0 Å². The first-order chi connectivity index (χ1) is 8.43. The first-order valence-corrected chi connectivity index (χ1v) is 7.38. The van der Waals surface area contributed by atoms with Crippen LogP contribution in [-0.4, -0.2) is 25.8 Å². The predicted molar refractivity (Wildman–Crippen MR) is 70.9 cm³/mol. The molecule has 98 valence electrons. The highest BCUT2D eigenvalue weighted by atomic mass is 35.5. The van der Waals surface area contributed by atoms with Crippen molar-refractivity contribution in [1.29, 1.82) is 5.26 Å². The fraction of sp³-hybridized carbons (Fsp3) is 0.417. The summed E-state index contributed by atoms with van der Waals surface area (Å²) in [6, 6.07) is 6.63. The van der Waals surface area contributed by atoms with Crippen molar-refractivity contribution in [2.75, 3.05) is 13.1 Å². The lowest BCUT2D eigenvalue weighted by atomic mass is 10.2. The second kappa shape index (κ2) is 6.19. The normalized spacial score (nSPS) is 11.5. The van der Waals surface area contributed by atoms with E-state index in [4.69, 9.17) is 16.9 Å². The Morgan fingerprint density at radius 3 is 2.61 bits per heavy atom. The molecule has 1 aromatic carbocycles. The van der Waals surface area contributed by atoms with Gasteiger partial charge >= 0.3 is 0 Å². The van der Waals surface area contributed by atoms with Gasteiger partial charge in [0, 0.05) is 24.5 Å². The number of hydrogen-bond acceptors (Lipinski definition) is 3. The van der Waals surface area contributed by atoms with Crippen molar-refractivity contribution in [2.45, 2.75) is 25.2 Å². The summed E-state index contributed by atoms with van der Waals surface area (Å²) in [6.45, 7) is 4.00. The van der Waals surface area contributed by atoms with Crippen molar-refractivity contribution in [1.82, 2.24) is 4.31 Å². The summed E-state index contributed by atoms with van der Waals surface area (Å²) < 4.78 is 26.0. The number of benzene rings is 1. The van der Waals surface area contributed by atoms with Gasteiger partial charge in [0.15, 0.2) is 0 Å². The second-order valence-corrected chi connectivity index (χ2v) is 6.16. The highest BCUT2D eigenvalue weighted by Crippen LogP contribution is 2.23. The number of rotatable bonds is 5. The number of hydrogen-bond donors (Lipinski definition) is 0.